The topological polar surface area (TPSA) is 58.4 Å². The zero-order valence-electron chi connectivity index (χ0n) is 14.1. The summed E-state index contributed by atoms with van der Waals surface area (Å²) in [4.78, 5) is 14.6. The van der Waals surface area contributed by atoms with Crippen molar-refractivity contribution >= 4 is 5.91 Å². The van der Waals surface area contributed by atoms with E-state index in [0.29, 0.717) is 31.0 Å². The predicted molar refractivity (Wildman–Crippen MR) is 93.0 cm³/mol. The molecule has 1 saturated carbocycles. The molecule has 1 heterocycles. The Morgan fingerprint density at radius 3 is 2.83 bits per heavy atom. The van der Waals surface area contributed by atoms with Crippen LogP contribution in [0, 0.1) is 11.8 Å². The average molecular weight is 315 g/mol. The van der Waals surface area contributed by atoms with Crippen molar-refractivity contribution in [2.24, 2.45) is 17.6 Å². The summed E-state index contributed by atoms with van der Waals surface area (Å²) in [7, 11) is 0. The number of carbonyl (C=O) groups is 1. The highest BCUT2D eigenvalue weighted by Crippen LogP contribution is 2.38. The highest BCUT2D eigenvalue weighted by molar-refractivity contribution is 5.76. The first kappa shape index (κ1) is 16.5. The Kier molecular flexibility index (Phi) is 5.34. The van der Waals surface area contributed by atoms with E-state index in [9.17, 15) is 4.79 Å². The van der Waals surface area contributed by atoms with Crippen LogP contribution < -0.4 is 11.1 Å². The first-order valence-corrected chi connectivity index (χ1v) is 8.93. The van der Waals surface area contributed by atoms with Crippen LogP contribution in [0.2, 0.25) is 0 Å². The summed E-state index contributed by atoms with van der Waals surface area (Å²) >= 11 is 0. The van der Waals surface area contributed by atoms with Gasteiger partial charge in [-0.05, 0) is 43.6 Å². The Bertz CT molecular complexity index is 519. The summed E-state index contributed by atoms with van der Waals surface area (Å²) in [5.41, 5.74) is 7.46. The van der Waals surface area contributed by atoms with E-state index < -0.39 is 0 Å². The molecule has 3 rings (SSSR count). The maximum atomic E-state index is 12.1. The van der Waals surface area contributed by atoms with E-state index in [1.165, 1.54) is 18.4 Å². The number of carbonyl (C=O) groups excluding carboxylic acids is 1. The van der Waals surface area contributed by atoms with Crippen molar-refractivity contribution in [3.63, 3.8) is 0 Å². The summed E-state index contributed by atoms with van der Waals surface area (Å²) in [5.74, 6) is 1.57. The lowest BCUT2D eigenvalue weighted by molar-refractivity contribution is -0.122. The molecule has 0 spiro atoms. The number of hydrogen-bond donors (Lipinski definition) is 2. The van der Waals surface area contributed by atoms with Crippen LogP contribution in [0.25, 0.3) is 0 Å². The third-order valence-corrected chi connectivity index (χ3v) is 5.62. The maximum Gasteiger partial charge on any atom is 0.221 e. The van der Waals surface area contributed by atoms with Gasteiger partial charge in [0.05, 0.1) is 0 Å². The first-order chi connectivity index (χ1) is 11.1. The van der Waals surface area contributed by atoms with E-state index in [0.717, 1.165) is 25.4 Å². The van der Waals surface area contributed by atoms with Crippen LogP contribution in [0.4, 0.5) is 0 Å². The molecule has 23 heavy (non-hydrogen) atoms. The van der Waals surface area contributed by atoms with Gasteiger partial charge in [-0.1, -0.05) is 30.3 Å². The van der Waals surface area contributed by atoms with E-state index in [4.69, 9.17) is 5.73 Å². The zero-order valence-corrected chi connectivity index (χ0v) is 14.1. The van der Waals surface area contributed by atoms with E-state index >= 15 is 0 Å². The number of benzene rings is 1. The standard InChI is InChI=1S/C19H29N3O/c1-14(22-12-16-7-8-18(20)17(16)13-22)11-19(23)21-10-9-15-5-3-2-4-6-15/h2-6,14,16-18H,7-13,20H2,1H3,(H,21,23)/t14-,16+,17+,18+/m1/s1. The fourth-order valence-corrected chi connectivity index (χ4v) is 4.16. The molecule has 0 unspecified atom stereocenters. The van der Waals surface area contributed by atoms with Crippen molar-refractivity contribution in [3.05, 3.63) is 35.9 Å². The number of nitrogens with two attached hydrogens (primary N) is 1. The Hall–Kier alpha value is -1.39. The van der Waals surface area contributed by atoms with Crippen LogP contribution in [0.1, 0.15) is 31.7 Å². The third-order valence-electron chi connectivity index (χ3n) is 5.62. The first-order valence-electron chi connectivity index (χ1n) is 8.93. The molecule has 1 aliphatic heterocycles. The van der Waals surface area contributed by atoms with E-state index in [1.807, 2.05) is 18.2 Å². The fourth-order valence-electron chi connectivity index (χ4n) is 4.16. The van der Waals surface area contributed by atoms with Crippen LogP contribution in [0.5, 0.6) is 0 Å². The Labute approximate surface area is 139 Å². The lowest BCUT2D eigenvalue weighted by Crippen LogP contribution is -2.38. The maximum absolute atomic E-state index is 12.1. The summed E-state index contributed by atoms with van der Waals surface area (Å²) in [6.45, 7) is 5.08. The second kappa shape index (κ2) is 7.45. The van der Waals surface area contributed by atoms with Gasteiger partial charge in [0.2, 0.25) is 5.91 Å². The number of likely N-dealkylation sites (tertiary alicyclic amines) is 1. The minimum atomic E-state index is 0.162. The zero-order chi connectivity index (χ0) is 16.2. The molecule has 1 aromatic carbocycles. The molecule has 4 nitrogen and oxygen atoms in total. The third kappa shape index (κ3) is 4.12. The van der Waals surface area contributed by atoms with E-state index in [1.54, 1.807) is 0 Å². The average Bonchev–Trinajstić information content (AvgIpc) is 3.11. The molecule has 3 N–H and O–H groups in total. The molecule has 1 aromatic rings. The van der Waals surface area contributed by atoms with Crippen LogP contribution >= 0.6 is 0 Å². The number of rotatable bonds is 6. The lowest BCUT2D eigenvalue weighted by Gasteiger charge is -2.25. The van der Waals surface area contributed by atoms with Crippen LogP contribution in [0.15, 0.2) is 30.3 Å². The summed E-state index contributed by atoms with van der Waals surface area (Å²) in [6.07, 6.45) is 3.92. The van der Waals surface area contributed by atoms with Crippen molar-refractivity contribution < 1.29 is 4.79 Å². The van der Waals surface area contributed by atoms with Gasteiger partial charge in [0, 0.05) is 38.1 Å². The van der Waals surface area contributed by atoms with Gasteiger partial charge in [-0.3, -0.25) is 9.69 Å². The predicted octanol–water partition coefficient (Wildman–Crippen LogP) is 1.79. The van der Waals surface area contributed by atoms with E-state index in [-0.39, 0.29) is 5.91 Å². The summed E-state index contributed by atoms with van der Waals surface area (Å²) in [5, 5.41) is 3.05. The van der Waals surface area contributed by atoms with Gasteiger partial charge in [0.15, 0.2) is 0 Å². The Morgan fingerprint density at radius 1 is 1.30 bits per heavy atom. The highest BCUT2D eigenvalue weighted by Gasteiger charge is 2.42. The highest BCUT2D eigenvalue weighted by atomic mass is 16.1. The molecule has 1 aliphatic carbocycles. The van der Waals surface area contributed by atoms with Crippen molar-refractivity contribution in [2.45, 2.75) is 44.7 Å². The molecule has 0 radical (unpaired) electrons. The largest absolute Gasteiger partial charge is 0.356 e. The molecule has 1 saturated heterocycles. The number of amides is 1. The number of nitrogens with zero attached hydrogens (tertiary/aromatic N) is 1. The fraction of sp³-hybridized carbons (Fsp3) is 0.632. The molecule has 0 aromatic heterocycles. The quantitative estimate of drug-likeness (QED) is 0.841. The normalized spacial score (nSPS) is 28.5. The van der Waals surface area contributed by atoms with E-state index in [2.05, 4.69) is 29.3 Å². The van der Waals surface area contributed by atoms with Crippen molar-refractivity contribution in [3.8, 4) is 0 Å². The Balaban J connectivity index is 1.38. The molecule has 0 bridgehead atoms. The van der Waals surface area contributed by atoms with Crippen LogP contribution in [-0.2, 0) is 11.2 Å². The molecular formula is C19H29N3O. The second-order valence-electron chi connectivity index (χ2n) is 7.26. The smallest absolute Gasteiger partial charge is 0.221 e. The lowest BCUT2D eigenvalue weighted by atomic mass is 9.98. The molecule has 1 amide bonds. The second-order valence-corrected chi connectivity index (χ2v) is 7.26. The van der Waals surface area contributed by atoms with Gasteiger partial charge in [0.25, 0.3) is 0 Å². The summed E-state index contributed by atoms with van der Waals surface area (Å²) in [6, 6.07) is 11.0. The van der Waals surface area contributed by atoms with Gasteiger partial charge in [-0.25, -0.2) is 0 Å². The number of nitrogens with one attached hydrogen (secondary N) is 1. The number of hydrogen-bond acceptors (Lipinski definition) is 3. The molecule has 126 valence electrons. The van der Waals surface area contributed by atoms with Crippen molar-refractivity contribution in [2.75, 3.05) is 19.6 Å². The van der Waals surface area contributed by atoms with Gasteiger partial charge < -0.3 is 11.1 Å². The van der Waals surface area contributed by atoms with Gasteiger partial charge in [-0.2, -0.15) is 0 Å². The monoisotopic (exact) mass is 315 g/mol. The van der Waals surface area contributed by atoms with Crippen LogP contribution in [0.3, 0.4) is 0 Å². The Morgan fingerprint density at radius 2 is 2.09 bits per heavy atom. The molecule has 4 atom stereocenters. The molecule has 4 heteroatoms. The SMILES string of the molecule is C[C@H](CC(=O)NCCc1ccccc1)N1C[C@@H]2CC[C@H](N)[C@H]2C1. The van der Waals surface area contributed by atoms with Crippen LogP contribution in [-0.4, -0.2) is 42.5 Å². The summed E-state index contributed by atoms with van der Waals surface area (Å²) < 4.78 is 0. The van der Waals surface area contributed by atoms with Gasteiger partial charge >= 0.3 is 0 Å². The number of fused-ring (bicyclic) bond motifs is 1. The molecular weight excluding hydrogens is 286 g/mol. The minimum Gasteiger partial charge on any atom is -0.356 e. The van der Waals surface area contributed by atoms with Gasteiger partial charge in [0.1, 0.15) is 0 Å². The molecule has 2 fully saturated rings. The minimum absolute atomic E-state index is 0.162. The van der Waals surface area contributed by atoms with Crippen molar-refractivity contribution in [1.82, 2.24) is 10.2 Å². The van der Waals surface area contributed by atoms with Gasteiger partial charge in [-0.15, -0.1) is 0 Å². The van der Waals surface area contributed by atoms with Crippen molar-refractivity contribution in [1.29, 1.82) is 0 Å². The molecule has 2 aliphatic rings.